The maximum Gasteiger partial charge on any atom is 0.411 e. The fourth-order valence-corrected chi connectivity index (χ4v) is 3.58. The normalized spacial score (nSPS) is 21.9. The van der Waals surface area contributed by atoms with E-state index in [1.54, 1.807) is 4.90 Å². The molecule has 0 spiro atoms. The van der Waals surface area contributed by atoms with Gasteiger partial charge in [-0.25, -0.2) is 4.79 Å². The Hall–Kier alpha value is -2.95. The minimum atomic E-state index is -0.308. The SMILES string of the molecule is O=C(OCc1ccccc1)N1[C@@H]2C=C[C@H]1c1cc3c(cc12)OCO3. The summed E-state index contributed by atoms with van der Waals surface area (Å²) in [6, 6.07) is 13.5. The first kappa shape index (κ1) is 13.5. The first-order chi connectivity index (χ1) is 11.8. The molecule has 3 heterocycles. The van der Waals surface area contributed by atoms with Gasteiger partial charge < -0.3 is 14.2 Å². The van der Waals surface area contributed by atoms with Gasteiger partial charge in [0.1, 0.15) is 6.61 Å². The summed E-state index contributed by atoms with van der Waals surface area (Å²) < 4.78 is 16.4. The lowest BCUT2D eigenvalue weighted by atomic mass is 9.96. The summed E-state index contributed by atoms with van der Waals surface area (Å²) in [6.45, 7) is 0.526. The molecule has 24 heavy (non-hydrogen) atoms. The van der Waals surface area contributed by atoms with E-state index in [1.807, 2.05) is 54.6 Å². The van der Waals surface area contributed by atoms with Gasteiger partial charge in [-0.05, 0) is 28.8 Å². The Morgan fingerprint density at radius 1 is 1.04 bits per heavy atom. The Morgan fingerprint density at radius 3 is 2.29 bits per heavy atom. The van der Waals surface area contributed by atoms with Crippen molar-refractivity contribution in [1.29, 1.82) is 0 Å². The third-order valence-electron chi connectivity index (χ3n) is 4.71. The predicted molar refractivity (Wildman–Crippen MR) is 85.7 cm³/mol. The number of carbonyl (C=O) groups is 1. The van der Waals surface area contributed by atoms with E-state index in [0.29, 0.717) is 0 Å². The van der Waals surface area contributed by atoms with E-state index >= 15 is 0 Å². The molecular weight excluding hydrogens is 306 g/mol. The Labute approximate surface area is 139 Å². The van der Waals surface area contributed by atoms with Gasteiger partial charge in [-0.3, -0.25) is 4.90 Å². The molecule has 0 fully saturated rings. The van der Waals surface area contributed by atoms with Crippen LogP contribution in [0.3, 0.4) is 0 Å². The van der Waals surface area contributed by atoms with Crippen LogP contribution in [0, 0.1) is 0 Å². The van der Waals surface area contributed by atoms with Crippen LogP contribution in [0.25, 0.3) is 0 Å². The van der Waals surface area contributed by atoms with E-state index < -0.39 is 0 Å². The maximum absolute atomic E-state index is 12.6. The largest absolute Gasteiger partial charge is 0.454 e. The molecule has 0 unspecified atom stereocenters. The molecule has 1 amide bonds. The van der Waals surface area contributed by atoms with Gasteiger partial charge in [-0.2, -0.15) is 0 Å². The minimum Gasteiger partial charge on any atom is -0.454 e. The number of ether oxygens (including phenoxy) is 3. The van der Waals surface area contributed by atoms with Crippen LogP contribution in [-0.2, 0) is 11.3 Å². The lowest BCUT2D eigenvalue weighted by molar-refractivity contribution is 0.0875. The van der Waals surface area contributed by atoms with Gasteiger partial charge in [0.15, 0.2) is 11.5 Å². The molecule has 5 rings (SSSR count). The number of hydrogen-bond donors (Lipinski definition) is 0. The van der Waals surface area contributed by atoms with Crippen molar-refractivity contribution in [2.45, 2.75) is 18.7 Å². The first-order valence-electron chi connectivity index (χ1n) is 7.92. The summed E-state index contributed by atoms with van der Waals surface area (Å²) in [5.74, 6) is 1.49. The van der Waals surface area contributed by atoms with Crippen LogP contribution in [-0.4, -0.2) is 17.8 Å². The highest BCUT2D eigenvalue weighted by atomic mass is 16.7. The first-order valence-corrected chi connectivity index (χ1v) is 7.92. The zero-order chi connectivity index (χ0) is 16.1. The van der Waals surface area contributed by atoms with E-state index in [1.165, 1.54) is 0 Å². The highest BCUT2D eigenvalue weighted by Gasteiger charge is 2.45. The molecule has 2 atom stereocenters. The van der Waals surface area contributed by atoms with Crippen molar-refractivity contribution in [2.75, 3.05) is 6.79 Å². The van der Waals surface area contributed by atoms with E-state index in [9.17, 15) is 4.79 Å². The average Bonchev–Trinajstić information content (AvgIpc) is 3.31. The van der Waals surface area contributed by atoms with Crippen LogP contribution < -0.4 is 9.47 Å². The second-order valence-electron chi connectivity index (χ2n) is 6.06. The predicted octanol–water partition coefficient (Wildman–Crippen LogP) is 3.72. The zero-order valence-electron chi connectivity index (χ0n) is 12.8. The fraction of sp³-hybridized carbons (Fsp3) is 0.211. The Kier molecular flexibility index (Phi) is 2.82. The molecule has 5 nitrogen and oxygen atoms in total. The molecule has 0 radical (unpaired) electrons. The number of fused-ring (bicyclic) bond motifs is 6. The highest BCUT2D eigenvalue weighted by Crippen LogP contribution is 2.52. The van der Waals surface area contributed by atoms with Crippen molar-refractivity contribution >= 4 is 6.09 Å². The van der Waals surface area contributed by atoms with Crippen molar-refractivity contribution in [3.05, 3.63) is 71.3 Å². The van der Waals surface area contributed by atoms with E-state index in [4.69, 9.17) is 14.2 Å². The van der Waals surface area contributed by atoms with E-state index in [0.717, 1.165) is 28.2 Å². The van der Waals surface area contributed by atoms with Gasteiger partial charge in [-0.15, -0.1) is 0 Å². The smallest absolute Gasteiger partial charge is 0.411 e. The average molecular weight is 321 g/mol. The summed E-state index contributed by atoms with van der Waals surface area (Å²) in [5.41, 5.74) is 3.15. The van der Waals surface area contributed by atoms with Crippen LogP contribution in [0.1, 0.15) is 28.8 Å². The zero-order valence-corrected chi connectivity index (χ0v) is 12.8. The summed E-state index contributed by atoms with van der Waals surface area (Å²) >= 11 is 0. The molecule has 0 N–H and O–H groups in total. The van der Waals surface area contributed by atoms with Crippen molar-refractivity contribution in [3.63, 3.8) is 0 Å². The maximum atomic E-state index is 12.6. The Balaban J connectivity index is 1.38. The number of rotatable bonds is 2. The van der Waals surface area contributed by atoms with Gasteiger partial charge in [0, 0.05) is 0 Å². The molecular formula is C19H15NO4. The summed E-state index contributed by atoms with van der Waals surface area (Å²) in [5, 5.41) is 0. The molecule has 0 saturated carbocycles. The number of benzene rings is 2. The van der Waals surface area contributed by atoms with Gasteiger partial charge in [0.2, 0.25) is 6.79 Å². The Bertz CT molecular complexity index is 805. The summed E-state index contributed by atoms with van der Waals surface area (Å²) in [6.07, 6.45) is 3.77. The topological polar surface area (TPSA) is 48.0 Å². The van der Waals surface area contributed by atoms with Gasteiger partial charge >= 0.3 is 6.09 Å². The van der Waals surface area contributed by atoms with Crippen LogP contribution in [0.15, 0.2) is 54.6 Å². The summed E-state index contributed by atoms with van der Waals surface area (Å²) in [4.78, 5) is 14.4. The molecule has 5 heteroatoms. The molecule has 2 aromatic carbocycles. The van der Waals surface area contributed by atoms with Crippen LogP contribution in [0.4, 0.5) is 4.79 Å². The quantitative estimate of drug-likeness (QED) is 0.791. The number of nitrogens with zero attached hydrogens (tertiary/aromatic N) is 1. The molecule has 0 aliphatic carbocycles. The van der Waals surface area contributed by atoms with Crippen LogP contribution >= 0.6 is 0 Å². The van der Waals surface area contributed by atoms with Gasteiger partial charge in [-0.1, -0.05) is 42.5 Å². The molecule has 0 saturated heterocycles. The number of amides is 1. The second kappa shape index (κ2) is 5.03. The molecule has 3 aliphatic heterocycles. The molecule has 0 aromatic heterocycles. The number of hydrogen-bond acceptors (Lipinski definition) is 4. The lowest BCUT2D eigenvalue weighted by Crippen LogP contribution is -2.29. The Morgan fingerprint density at radius 2 is 1.67 bits per heavy atom. The molecule has 2 aromatic rings. The van der Waals surface area contributed by atoms with E-state index in [2.05, 4.69) is 0 Å². The van der Waals surface area contributed by atoms with Crippen molar-refractivity contribution < 1.29 is 19.0 Å². The van der Waals surface area contributed by atoms with Crippen LogP contribution in [0.5, 0.6) is 11.5 Å². The minimum absolute atomic E-state index is 0.0947. The fourth-order valence-electron chi connectivity index (χ4n) is 3.58. The third-order valence-corrected chi connectivity index (χ3v) is 4.71. The van der Waals surface area contributed by atoms with Gasteiger partial charge in [0.05, 0.1) is 12.1 Å². The van der Waals surface area contributed by atoms with Crippen molar-refractivity contribution in [1.82, 2.24) is 4.90 Å². The monoisotopic (exact) mass is 321 g/mol. The van der Waals surface area contributed by atoms with Crippen LogP contribution in [0.2, 0.25) is 0 Å². The number of carbonyl (C=O) groups excluding carboxylic acids is 1. The van der Waals surface area contributed by atoms with Gasteiger partial charge in [0.25, 0.3) is 0 Å². The third kappa shape index (κ3) is 1.91. The molecule has 120 valence electrons. The molecule has 2 bridgehead atoms. The van der Waals surface area contributed by atoms with Crippen molar-refractivity contribution in [2.24, 2.45) is 0 Å². The standard InChI is InChI=1S/C19H15NO4/c21-19(22-10-12-4-2-1-3-5-12)20-15-6-7-16(20)14-9-18-17(8-13(14)15)23-11-24-18/h1-9,15-16H,10-11H2/t15-,16+. The highest BCUT2D eigenvalue weighted by molar-refractivity contribution is 5.74. The molecule has 3 aliphatic rings. The second-order valence-corrected chi connectivity index (χ2v) is 6.06. The lowest BCUT2D eigenvalue weighted by Gasteiger charge is -2.22. The van der Waals surface area contributed by atoms with E-state index in [-0.39, 0.29) is 31.6 Å². The summed E-state index contributed by atoms with van der Waals surface area (Å²) in [7, 11) is 0. The van der Waals surface area contributed by atoms with Crippen molar-refractivity contribution in [3.8, 4) is 11.5 Å².